The van der Waals surface area contributed by atoms with Gasteiger partial charge < -0.3 is 14.8 Å². The van der Waals surface area contributed by atoms with Crippen LogP contribution >= 0.6 is 0 Å². The maximum absolute atomic E-state index is 13.4. The Hall–Kier alpha value is -4.39. The van der Waals surface area contributed by atoms with Crippen molar-refractivity contribution < 1.29 is 19.4 Å². The highest BCUT2D eigenvalue weighted by Gasteiger charge is 2.48. The number of anilines is 1. The van der Waals surface area contributed by atoms with Crippen molar-refractivity contribution in [3.63, 3.8) is 0 Å². The number of aryl methyl sites for hydroxylation is 2. The van der Waals surface area contributed by atoms with Gasteiger partial charge in [0.2, 0.25) is 5.95 Å². The standard InChI is InChI=1S/C29H27N3O4/c1-16(2)36-21-12-10-19(11-13-21)25-24(26(33)20-8-5-17(3)6-9-20)27(34)28(35)32(25)29-30-22-14-7-18(4)15-23(22)31-29/h5-16,25,33H,1-4H3,(H,30,31)/b26-24+. The highest BCUT2D eigenvalue weighted by molar-refractivity contribution is 6.51. The summed E-state index contributed by atoms with van der Waals surface area (Å²) in [6.07, 6.45) is 0.00188. The number of nitrogens with one attached hydrogen (secondary N) is 1. The summed E-state index contributed by atoms with van der Waals surface area (Å²) in [6, 6.07) is 19.2. The van der Waals surface area contributed by atoms with Crippen LogP contribution in [0.4, 0.5) is 5.95 Å². The molecule has 3 aromatic carbocycles. The summed E-state index contributed by atoms with van der Waals surface area (Å²) in [5, 5.41) is 11.3. The molecule has 1 unspecified atom stereocenters. The molecular formula is C29H27N3O4. The van der Waals surface area contributed by atoms with Gasteiger partial charge in [0.05, 0.1) is 28.8 Å². The number of carbonyl (C=O) groups excluding carboxylic acids is 2. The molecule has 1 aliphatic rings. The van der Waals surface area contributed by atoms with Gasteiger partial charge in [-0.3, -0.25) is 14.5 Å². The van der Waals surface area contributed by atoms with Crippen molar-refractivity contribution in [1.29, 1.82) is 0 Å². The normalized spacial score (nSPS) is 17.4. The van der Waals surface area contributed by atoms with E-state index in [0.717, 1.165) is 16.6 Å². The number of hydrogen-bond donors (Lipinski definition) is 2. The third kappa shape index (κ3) is 4.13. The van der Waals surface area contributed by atoms with Crippen molar-refractivity contribution in [3.05, 3.63) is 94.6 Å². The van der Waals surface area contributed by atoms with E-state index in [1.54, 1.807) is 36.4 Å². The number of aromatic nitrogens is 2. The summed E-state index contributed by atoms with van der Waals surface area (Å²) in [6.45, 7) is 7.78. The zero-order valence-electron chi connectivity index (χ0n) is 20.6. The molecule has 1 atom stereocenters. The minimum Gasteiger partial charge on any atom is -0.507 e. The molecule has 0 bridgehead atoms. The van der Waals surface area contributed by atoms with Crippen LogP contribution < -0.4 is 9.64 Å². The number of Topliss-reactive ketones (excluding diaryl/α,β-unsaturated/α-hetero) is 1. The zero-order chi connectivity index (χ0) is 25.6. The molecular weight excluding hydrogens is 454 g/mol. The van der Waals surface area contributed by atoms with Crippen molar-refractivity contribution in [2.24, 2.45) is 0 Å². The first-order chi connectivity index (χ1) is 17.2. The third-order valence-corrected chi connectivity index (χ3v) is 6.19. The van der Waals surface area contributed by atoms with Crippen LogP contribution in [0.5, 0.6) is 5.75 Å². The van der Waals surface area contributed by atoms with E-state index in [0.29, 0.717) is 22.4 Å². The molecule has 1 aliphatic heterocycles. The number of nitrogens with zero attached hydrogens (tertiary/aromatic N) is 2. The van der Waals surface area contributed by atoms with E-state index in [1.165, 1.54) is 4.90 Å². The van der Waals surface area contributed by atoms with Gasteiger partial charge in [-0.2, -0.15) is 0 Å². The van der Waals surface area contributed by atoms with Crippen molar-refractivity contribution >= 4 is 34.4 Å². The van der Waals surface area contributed by atoms with Gasteiger partial charge in [-0.05, 0) is 63.1 Å². The van der Waals surface area contributed by atoms with E-state index >= 15 is 0 Å². The Morgan fingerprint density at radius 1 is 0.972 bits per heavy atom. The Morgan fingerprint density at radius 3 is 2.31 bits per heavy atom. The highest BCUT2D eigenvalue weighted by atomic mass is 16.5. The first kappa shape index (κ1) is 23.4. The summed E-state index contributed by atoms with van der Waals surface area (Å²) in [4.78, 5) is 35.9. The molecule has 1 fully saturated rings. The van der Waals surface area contributed by atoms with Gasteiger partial charge in [0.25, 0.3) is 5.78 Å². The lowest BCUT2D eigenvalue weighted by Gasteiger charge is -2.23. The Balaban J connectivity index is 1.68. The smallest absolute Gasteiger partial charge is 0.302 e. The van der Waals surface area contributed by atoms with E-state index in [1.807, 2.05) is 58.0 Å². The molecule has 4 aromatic rings. The molecule has 0 saturated carbocycles. The van der Waals surface area contributed by atoms with Crippen LogP contribution in [0.15, 0.2) is 72.3 Å². The number of H-pyrrole nitrogens is 1. The number of rotatable bonds is 5. The second-order valence-electron chi connectivity index (χ2n) is 9.35. The van der Waals surface area contributed by atoms with E-state index in [9.17, 15) is 14.7 Å². The molecule has 1 aromatic heterocycles. The molecule has 7 nitrogen and oxygen atoms in total. The molecule has 182 valence electrons. The number of fused-ring (bicyclic) bond motifs is 1. The number of aliphatic hydroxyl groups excluding tert-OH is 1. The number of amides is 1. The predicted octanol–water partition coefficient (Wildman–Crippen LogP) is 5.59. The monoisotopic (exact) mass is 481 g/mol. The SMILES string of the molecule is Cc1ccc(/C(O)=C2\C(=O)C(=O)N(c3nc4ccc(C)cc4[nH]3)C2c2ccc(OC(C)C)cc2)cc1. The summed E-state index contributed by atoms with van der Waals surface area (Å²) < 4.78 is 5.76. The molecule has 1 amide bonds. The van der Waals surface area contributed by atoms with E-state index < -0.39 is 17.7 Å². The Labute approximate surface area is 209 Å². The molecule has 2 N–H and O–H groups in total. The number of imidazole rings is 1. The van der Waals surface area contributed by atoms with Crippen molar-refractivity contribution in [2.45, 2.75) is 39.8 Å². The van der Waals surface area contributed by atoms with Crippen LogP contribution in [0, 0.1) is 13.8 Å². The topological polar surface area (TPSA) is 95.5 Å². The van der Waals surface area contributed by atoms with Gasteiger partial charge in [-0.1, -0.05) is 48.0 Å². The molecule has 0 spiro atoms. The molecule has 1 saturated heterocycles. The lowest BCUT2D eigenvalue weighted by molar-refractivity contribution is -0.132. The van der Waals surface area contributed by atoms with Crippen LogP contribution in [0.1, 0.15) is 42.1 Å². The molecule has 0 radical (unpaired) electrons. The van der Waals surface area contributed by atoms with Gasteiger partial charge in [-0.15, -0.1) is 0 Å². The van der Waals surface area contributed by atoms with E-state index in [-0.39, 0.29) is 23.4 Å². The number of benzene rings is 3. The number of aromatic amines is 1. The van der Waals surface area contributed by atoms with Crippen LogP contribution in [-0.4, -0.2) is 32.9 Å². The number of ether oxygens (including phenoxy) is 1. The van der Waals surface area contributed by atoms with Crippen molar-refractivity contribution in [2.75, 3.05) is 4.90 Å². The number of ketones is 1. The Morgan fingerprint density at radius 2 is 1.64 bits per heavy atom. The molecule has 7 heteroatoms. The fourth-order valence-corrected chi connectivity index (χ4v) is 4.46. The first-order valence-corrected chi connectivity index (χ1v) is 11.8. The first-order valence-electron chi connectivity index (χ1n) is 11.8. The van der Waals surface area contributed by atoms with Gasteiger partial charge in [0, 0.05) is 5.56 Å². The van der Waals surface area contributed by atoms with E-state index in [4.69, 9.17) is 4.74 Å². The molecule has 5 rings (SSSR count). The maximum Gasteiger partial charge on any atom is 0.302 e. The van der Waals surface area contributed by atoms with Gasteiger partial charge in [-0.25, -0.2) is 4.98 Å². The Kier molecular flexibility index (Phi) is 5.84. The van der Waals surface area contributed by atoms with Crippen LogP contribution in [-0.2, 0) is 9.59 Å². The van der Waals surface area contributed by atoms with Crippen molar-refractivity contribution in [3.8, 4) is 5.75 Å². The number of hydrogen-bond acceptors (Lipinski definition) is 5. The minimum absolute atomic E-state index is 0.00188. The largest absolute Gasteiger partial charge is 0.507 e. The fraction of sp³-hybridized carbons (Fsp3) is 0.207. The molecule has 2 heterocycles. The summed E-state index contributed by atoms with van der Waals surface area (Å²) in [7, 11) is 0. The van der Waals surface area contributed by atoms with Gasteiger partial charge >= 0.3 is 5.91 Å². The van der Waals surface area contributed by atoms with Crippen LogP contribution in [0.3, 0.4) is 0 Å². The summed E-state index contributed by atoms with van der Waals surface area (Å²) in [5.41, 5.74) is 4.61. The molecule has 0 aliphatic carbocycles. The maximum atomic E-state index is 13.4. The van der Waals surface area contributed by atoms with Crippen LogP contribution in [0.25, 0.3) is 16.8 Å². The number of aliphatic hydroxyl groups is 1. The average Bonchev–Trinajstić information content (AvgIpc) is 3.37. The summed E-state index contributed by atoms with van der Waals surface area (Å²) >= 11 is 0. The fourth-order valence-electron chi connectivity index (χ4n) is 4.46. The van der Waals surface area contributed by atoms with Gasteiger partial charge in [0.1, 0.15) is 11.5 Å². The minimum atomic E-state index is -0.874. The lowest BCUT2D eigenvalue weighted by atomic mass is 9.95. The second kappa shape index (κ2) is 9.00. The average molecular weight is 482 g/mol. The zero-order valence-corrected chi connectivity index (χ0v) is 20.6. The number of carbonyl (C=O) groups is 2. The predicted molar refractivity (Wildman–Crippen MR) is 139 cm³/mol. The second-order valence-corrected chi connectivity index (χ2v) is 9.35. The third-order valence-electron chi connectivity index (χ3n) is 6.19. The quantitative estimate of drug-likeness (QED) is 0.220. The summed E-state index contributed by atoms with van der Waals surface area (Å²) in [5.74, 6) is -0.837. The molecule has 36 heavy (non-hydrogen) atoms. The highest BCUT2D eigenvalue weighted by Crippen LogP contribution is 2.42. The lowest BCUT2D eigenvalue weighted by Crippen LogP contribution is -2.30. The Bertz CT molecular complexity index is 1500. The van der Waals surface area contributed by atoms with E-state index in [2.05, 4.69) is 9.97 Å². The van der Waals surface area contributed by atoms with Crippen LogP contribution in [0.2, 0.25) is 0 Å². The van der Waals surface area contributed by atoms with Gasteiger partial charge in [0.15, 0.2) is 0 Å². The van der Waals surface area contributed by atoms with Crippen molar-refractivity contribution in [1.82, 2.24) is 9.97 Å².